The van der Waals surface area contributed by atoms with Gasteiger partial charge in [-0.15, -0.1) is 0 Å². The van der Waals surface area contributed by atoms with Crippen LogP contribution in [0.15, 0.2) is 48.5 Å². The number of rotatable bonds is 6. The monoisotopic (exact) mass is 314 g/mol. The van der Waals surface area contributed by atoms with Gasteiger partial charge in [-0.1, -0.05) is 30.4 Å². The second-order valence-electron chi connectivity index (χ2n) is 5.27. The van der Waals surface area contributed by atoms with E-state index in [2.05, 4.69) is 0 Å². The molecule has 0 aliphatic heterocycles. The lowest BCUT2D eigenvalue weighted by Gasteiger charge is -2.22. The molecule has 2 unspecified atom stereocenters. The second kappa shape index (κ2) is 7.70. The number of phenolic OH excluding ortho intramolecular Hbond substituents is 1. The van der Waals surface area contributed by atoms with Crippen LogP contribution in [0, 0.1) is 0 Å². The number of allylic oxidation sites excluding steroid dienone is 1. The minimum absolute atomic E-state index is 0.163. The van der Waals surface area contributed by atoms with Gasteiger partial charge < -0.3 is 19.7 Å². The molecule has 2 aromatic rings. The summed E-state index contributed by atoms with van der Waals surface area (Å²) in [6.45, 7) is 3.74. The van der Waals surface area contributed by atoms with Gasteiger partial charge in [0.25, 0.3) is 0 Å². The third kappa shape index (κ3) is 4.27. The SMILES string of the molecule is CC=Cc1ccc(OC(C)C(O)c2ccc(O)cc2)c(OC)c1. The number of benzene rings is 2. The Labute approximate surface area is 136 Å². The molecule has 2 rings (SSSR count). The van der Waals surface area contributed by atoms with E-state index in [1.807, 2.05) is 37.3 Å². The number of aromatic hydroxyl groups is 1. The lowest BCUT2D eigenvalue weighted by molar-refractivity contribution is 0.0451. The Balaban J connectivity index is 2.15. The van der Waals surface area contributed by atoms with E-state index >= 15 is 0 Å². The highest BCUT2D eigenvalue weighted by Crippen LogP contribution is 2.31. The fraction of sp³-hybridized carbons (Fsp3) is 0.263. The predicted molar refractivity (Wildman–Crippen MR) is 90.9 cm³/mol. The summed E-state index contributed by atoms with van der Waals surface area (Å²) in [7, 11) is 1.59. The van der Waals surface area contributed by atoms with Gasteiger partial charge in [0.1, 0.15) is 18.0 Å². The fourth-order valence-corrected chi connectivity index (χ4v) is 2.28. The maximum atomic E-state index is 10.4. The van der Waals surface area contributed by atoms with Crippen molar-refractivity contribution >= 4 is 6.08 Å². The number of ether oxygens (including phenoxy) is 2. The van der Waals surface area contributed by atoms with Gasteiger partial charge in [0, 0.05) is 0 Å². The van der Waals surface area contributed by atoms with Crippen molar-refractivity contribution in [3.63, 3.8) is 0 Å². The first-order valence-corrected chi connectivity index (χ1v) is 7.49. The molecule has 0 fully saturated rings. The summed E-state index contributed by atoms with van der Waals surface area (Å²) in [6.07, 6.45) is 2.64. The molecule has 2 N–H and O–H groups in total. The quantitative estimate of drug-likeness (QED) is 0.848. The molecule has 0 radical (unpaired) electrons. The Morgan fingerprint density at radius 3 is 2.35 bits per heavy atom. The van der Waals surface area contributed by atoms with Gasteiger partial charge in [-0.25, -0.2) is 0 Å². The highest BCUT2D eigenvalue weighted by molar-refractivity contribution is 5.55. The first kappa shape index (κ1) is 16.9. The summed E-state index contributed by atoms with van der Waals surface area (Å²) in [4.78, 5) is 0. The van der Waals surface area contributed by atoms with Crippen LogP contribution in [0.2, 0.25) is 0 Å². The molecule has 0 spiro atoms. The topological polar surface area (TPSA) is 58.9 Å². The number of aliphatic hydroxyl groups excluding tert-OH is 1. The molecule has 0 amide bonds. The number of hydrogen-bond acceptors (Lipinski definition) is 4. The highest BCUT2D eigenvalue weighted by Gasteiger charge is 2.19. The van der Waals surface area contributed by atoms with Crippen LogP contribution in [0.5, 0.6) is 17.2 Å². The molecule has 4 heteroatoms. The zero-order valence-electron chi connectivity index (χ0n) is 13.6. The van der Waals surface area contributed by atoms with Crippen LogP contribution in [-0.4, -0.2) is 23.4 Å². The summed E-state index contributed by atoms with van der Waals surface area (Å²) >= 11 is 0. The molecule has 0 saturated carbocycles. The standard InChI is InChI=1S/C19H22O4/c1-4-5-14-6-11-17(18(12-14)22-3)23-13(2)19(21)15-7-9-16(20)10-8-15/h4-13,19-21H,1-3H3. The van der Waals surface area contributed by atoms with Crippen molar-refractivity contribution in [1.82, 2.24) is 0 Å². The average Bonchev–Trinajstić information content (AvgIpc) is 2.56. The van der Waals surface area contributed by atoms with Gasteiger partial charge in [-0.2, -0.15) is 0 Å². The zero-order chi connectivity index (χ0) is 16.8. The lowest BCUT2D eigenvalue weighted by atomic mass is 10.1. The molecule has 0 aliphatic rings. The van der Waals surface area contributed by atoms with Crippen molar-refractivity contribution in [2.24, 2.45) is 0 Å². The van der Waals surface area contributed by atoms with E-state index in [0.717, 1.165) is 5.56 Å². The average molecular weight is 314 g/mol. The van der Waals surface area contributed by atoms with Crippen LogP contribution in [0.4, 0.5) is 0 Å². The smallest absolute Gasteiger partial charge is 0.161 e. The molecule has 0 aliphatic carbocycles. The van der Waals surface area contributed by atoms with Gasteiger partial charge in [0.05, 0.1) is 7.11 Å². The van der Waals surface area contributed by atoms with Crippen LogP contribution in [0.1, 0.15) is 31.1 Å². The van der Waals surface area contributed by atoms with Crippen LogP contribution in [0.3, 0.4) is 0 Å². The van der Waals surface area contributed by atoms with E-state index in [4.69, 9.17) is 9.47 Å². The Hall–Kier alpha value is -2.46. The van der Waals surface area contributed by atoms with Crippen LogP contribution < -0.4 is 9.47 Å². The normalized spacial score (nSPS) is 13.7. The number of methoxy groups -OCH3 is 1. The molecule has 0 saturated heterocycles. The second-order valence-corrected chi connectivity index (χ2v) is 5.27. The van der Waals surface area contributed by atoms with Gasteiger partial charge >= 0.3 is 0 Å². The summed E-state index contributed by atoms with van der Waals surface area (Å²) in [5.41, 5.74) is 1.70. The molecule has 4 nitrogen and oxygen atoms in total. The van der Waals surface area contributed by atoms with E-state index in [0.29, 0.717) is 17.1 Å². The summed E-state index contributed by atoms with van der Waals surface area (Å²) in [6, 6.07) is 12.1. The molecular weight excluding hydrogens is 292 g/mol. The van der Waals surface area contributed by atoms with Crippen molar-refractivity contribution in [1.29, 1.82) is 0 Å². The number of aliphatic hydroxyl groups is 1. The van der Waals surface area contributed by atoms with Gasteiger partial charge in [0.15, 0.2) is 11.5 Å². The molecule has 0 heterocycles. The first-order valence-electron chi connectivity index (χ1n) is 7.49. The number of hydrogen-bond donors (Lipinski definition) is 2. The minimum atomic E-state index is -0.810. The van der Waals surface area contributed by atoms with E-state index in [1.54, 1.807) is 26.2 Å². The molecule has 2 atom stereocenters. The first-order chi connectivity index (χ1) is 11.0. The molecule has 2 aromatic carbocycles. The zero-order valence-corrected chi connectivity index (χ0v) is 13.6. The molecular formula is C19H22O4. The van der Waals surface area contributed by atoms with Crippen LogP contribution in [0.25, 0.3) is 6.08 Å². The third-order valence-corrected chi connectivity index (χ3v) is 3.54. The van der Waals surface area contributed by atoms with E-state index in [-0.39, 0.29) is 5.75 Å². The van der Waals surface area contributed by atoms with E-state index < -0.39 is 12.2 Å². The summed E-state index contributed by atoms with van der Waals surface area (Å²) in [5, 5.41) is 19.7. The van der Waals surface area contributed by atoms with E-state index in [1.165, 1.54) is 12.1 Å². The van der Waals surface area contributed by atoms with Gasteiger partial charge in [-0.3, -0.25) is 0 Å². The predicted octanol–water partition coefficient (Wildman–Crippen LogP) is 3.93. The maximum absolute atomic E-state index is 10.4. The van der Waals surface area contributed by atoms with Crippen LogP contribution >= 0.6 is 0 Å². The molecule has 23 heavy (non-hydrogen) atoms. The van der Waals surface area contributed by atoms with Crippen LogP contribution in [-0.2, 0) is 0 Å². The maximum Gasteiger partial charge on any atom is 0.161 e. The van der Waals surface area contributed by atoms with Crippen molar-refractivity contribution < 1.29 is 19.7 Å². The van der Waals surface area contributed by atoms with Crippen molar-refractivity contribution in [3.05, 3.63) is 59.7 Å². The molecule has 122 valence electrons. The van der Waals surface area contributed by atoms with Crippen molar-refractivity contribution in [3.8, 4) is 17.2 Å². The molecule has 0 aromatic heterocycles. The Kier molecular flexibility index (Phi) is 5.66. The lowest BCUT2D eigenvalue weighted by Crippen LogP contribution is -2.22. The van der Waals surface area contributed by atoms with Crippen molar-refractivity contribution in [2.45, 2.75) is 26.1 Å². The van der Waals surface area contributed by atoms with Crippen molar-refractivity contribution in [2.75, 3.05) is 7.11 Å². The third-order valence-electron chi connectivity index (χ3n) is 3.54. The van der Waals surface area contributed by atoms with Gasteiger partial charge in [0.2, 0.25) is 0 Å². The Morgan fingerprint density at radius 1 is 1.04 bits per heavy atom. The minimum Gasteiger partial charge on any atom is -0.508 e. The largest absolute Gasteiger partial charge is 0.508 e. The Morgan fingerprint density at radius 2 is 1.74 bits per heavy atom. The summed E-state index contributed by atoms with van der Waals surface area (Å²) in [5.74, 6) is 1.35. The fourth-order valence-electron chi connectivity index (χ4n) is 2.28. The highest BCUT2D eigenvalue weighted by atomic mass is 16.5. The molecule has 0 bridgehead atoms. The summed E-state index contributed by atoms with van der Waals surface area (Å²) < 4.78 is 11.2. The van der Waals surface area contributed by atoms with Gasteiger partial charge in [-0.05, 0) is 49.2 Å². The number of phenols is 1. The van der Waals surface area contributed by atoms with E-state index in [9.17, 15) is 10.2 Å². The Bertz CT molecular complexity index is 662.